The van der Waals surface area contributed by atoms with Crippen LogP contribution in [0.25, 0.3) is 21.5 Å². The predicted octanol–water partition coefficient (Wildman–Crippen LogP) is 32.2. The lowest BCUT2D eigenvalue weighted by atomic mass is 9.49. The Morgan fingerprint density at radius 2 is 0.724 bits per heavy atom. The van der Waals surface area contributed by atoms with E-state index in [0.717, 1.165) is 138 Å². The van der Waals surface area contributed by atoms with Gasteiger partial charge in [-0.15, -0.1) is 0 Å². The Balaban J connectivity index is 0.000000137. The van der Waals surface area contributed by atoms with Crippen molar-refractivity contribution in [3.63, 3.8) is 0 Å². The van der Waals surface area contributed by atoms with Crippen molar-refractivity contribution in [1.29, 1.82) is 0 Å². The Morgan fingerprint density at radius 1 is 0.378 bits per heavy atom. The van der Waals surface area contributed by atoms with Gasteiger partial charge in [0.15, 0.2) is 0 Å². The molecule has 0 saturated heterocycles. The van der Waals surface area contributed by atoms with Crippen LogP contribution in [0.1, 0.15) is 374 Å². The summed E-state index contributed by atoms with van der Waals surface area (Å²) in [4.78, 5) is 12.4. The Labute approximate surface area is 770 Å². The number of rotatable bonds is 30. The van der Waals surface area contributed by atoms with Gasteiger partial charge in [-0.3, -0.25) is 4.79 Å². The van der Waals surface area contributed by atoms with E-state index < -0.39 is 5.41 Å². The van der Waals surface area contributed by atoms with E-state index in [1.54, 1.807) is 0 Å². The summed E-state index contributed by atoms with van der Waals surface area (Å²) in [6.07, 6.45) is 38.6. The number of hydrogen-bond acceptors (Lipinski definition) is 10. The van der Waals surface area contributed by atoms with Gasteiger partial charge in [-0.1, -0.05) is 206 Å². The van der Waals surface area contributed by atoms with E-state index in [4.69, 9.17) is 42.6 Å². The smallest absolute Gasteiger partial charge is 0.316 e. The van der Waals surface area contributed by atoms with Crippen molar-refractivity contribution in [1.82, 2.24) is 0 Å². The maximum absolute atomic E-state index is 12.4. The molecule has 0 spiro atoms. The molecule has 0 aromatic heterocycles. The van der Waals surface area contributed by atoms with Gasteiger partial charge in [-0.25, -0.2) is 0 Å². The minimum absolute atomic E-state index is 0.0565. The highest BCUT2D eigenvalue weighted by atomic mass is 16.7. The quantitative estimate of drug-likeness (QED) is 0.0246. The molecule has 4 unspecified atom stereocenters. The molecule has 7 aromatic rings. The van der Waals surface area contributed by atoms with Crippen molar-refractivity contribution in [2.24, 2.45) is 80.8 Å². The highest BCUT2D eigenvalue weighted by molar-refractivity contribution is 5.95. The first-order valence-electron chi connectivity index (χ1n) is 51.1. The SMILES string of the molecule is CCC(C)(C)C(=O)Oc1cccc2c(OC(C)(C)C)cccc12.CCC(C)(C)c1ccc(OC(OC(C)C)C23CC4CC(CC(C4)C2)C3)cc1.CCC(C)(C)c1cccc2c(OC(C)(C)C)cccc12.CCC(C)c1ccc(OC(OCCC2CCCCC2)C23CC4CC(CC(C4)C2)C3)cc1.CCOC(Oc1ccc(C(C)(C)CC)cc1)C12CC3CC(CC(C3)C1)C2. The second-order valence-electron chi connectivity index (χ2n) is 47.0. The lowest BCUT2D eigenvalue weighted by molar-refractivity contribution is -0.227. The molecule has 12 bridgehead atoms. The lowest BCUT2D eigenvalue weighted by Gasteiger charge is -2.58. The van der Waals surface area contributed by atoms with E-state index in [-0.39, 0.29) is 74.6 Å². The summed E-state index contributed by atoms with van der Waals surface area (Å²) in [7, 11) is 0. The molecule has 127 heavy (non-hydrogen) atoms. The molecule has 13 saturated carbocycles. The normalized spacial score (nSPS) is 26.8. The molecule has 0 aliphatic heterocycles. The average Bonchev–Trinajstić information content (AvgIpc) is 0.743. The molecule has 10 heteroatoms. The van der Waals surface area contributed by atoms with Crippen LogP contribution in [0, 0.1) is 80.8 Å². The molecule has 20 rings (SSSR count). The molecule has 0 radical (unpaired) electrons. The van der Waals surface area contributed by atoms with Gasteiger partial charge in [-0.2, -0.15) is 0 Å². The van der Waals surface area contributed by atoms with Gasteiger partial charge in [0.2, 0.25) is 18.9 Å². The third-order valence-corrected chi connectivity index (χ3v) is 32.6. The fraction of sp³-hybridized carbons (Fsp3) is 0.667. The molecular weight excluding hydrogens is 1570 g/mol. The number of esters is 1. The van der Waals surface area contributed by atoms with Crippen LogP contribution in [-0.2, 0) is 35.3 Å². The van der Waals surface area contributed by atoms with Crippen molar-refractivity contribution < 1.29 is 47.4 Å². The number of fused-ring (bicyclic) bond motifs is 2. The maximum Gasteiger partial charge on any atom is 0.316 e. The summed E-state index contributed by atoms with van der Waals surface area (Å²) in [6, 6.07) is 50.9. The highest BCUT2D eigenvalue weighted by Crippen LogP contribution is 2.65. The van der Waals surface area contributed by atoms with Crippen molar-refractivity contribution in [3.8, 4) is 34.5 Å². The minimum atomic E-state index is -0.498. The predicted molar refractivity (Wildman–Crippen MR) is 526 cm³/mol. The van der Waals surface area contributed by atoms with Gasteiger partial charge < -0.3 is 42.6 Å². The molecular formula is C117H170O10. The van der Waals surface area contributed by atoms with E-state index in [1.165, 1.54) is 194 Å². The summed E-state index contributed by atoms with van der Waals surface area (Å²) in [5.74, 6) is 14.8. The molecule has 698 valence electrons. The molecule has 13 aliphatic rings. The van der Waals surface area contributed by atoms with E-state index in [2.05, 4.69) is 227 Å². The fourth-order valence-electron chi connectivity index (χ4n) is 25.1. The van der Waals surface area contributed by atoms with Crippen LogP contribution in [0.4, 0.5) is 0 Å². The van der Waals surface area contributed by atoms with Crippen molar-refractivity contribution in [3.05, 3.63) is 168 Å². The van der Waals surface area contributed by atoms with Gasteiger partial charge >= 0.3 is 5.97 Å². The number of hydrogen-bond donors (Lipinski definition) is 0. The van der Waals surface area contributed by atoms with E-state index >= 15 is 0 Å². The third kappa shape index (κ3) is 24.5. The van der Waals surface area contributed by atoms with E-state index in [1.807, 2.05) is 77.9 Å². The van der Waals surface area contributed by atoms with Crippen LogP contribution >= 0.6 is 0 Å². The first-order valence-corrected chi connectivity index (χ1v) is 51.1. The van der Waals surface area contributed by atoms with Crippen LogP contribution in [0.5, 0.6) is 34.5 Å². The Bertz CT molecular complexity index is 4530. The molecule has 4 atom stereocenters. The van der Waals surface area contributed by atoms with Gasteiger partial charge in [-0.05, 0) is 394 Å². The van der Waals surface area contributed by atoms with E-state index in [0.29, 0.717) is 11.7 Å². The first kappa shape index (κ1) is 97.9. The third-order valence-electron chi connectivity index (χ3n) is 32.6. The first-order chi connectivity index (χ1) is 60.2. The van der Waals surface area contributed by atoms with Crippen LogP contribution in [-0.4, -0.2) is 55.4 Å². The maximum atomic E-state index is 12.4. The molecule has 13 aliphatic carbocycles. The standard InChI is InChI=1S/C29H44O2.C25H38O2.C24H36O2.C20H26O3.C19H26O/c1-3-21(2)26-9-11-27(12-10-26)31-28(30-14-13-22-7-5-4-6-8-22)29-18-23-15-24(19-29)17-25(16-23)20-29;1-6-24(4,5)21-7-9-22(10-8-21)27-23(26-17(2)3)25-14-18-11-19(15-25)13-20(12-18)16-25;1-5-23(3,4)20-7-9-21(10-8-20)26-22(25-6-2)24-14-17-11-18(15-24)13-19(12-17)16-24;1-7-20(5,6)18(21)22-16-12-8-11-15-14(16)10-9-13-17(15)23-19(2,3)4;1-7-19(5,6)16-12-8-11-15-14(16)10-9-13-17(15)20-18(2,3)4/h9-12,21-25,28H,3-8,13-20H2,1-2H3;7-10,17-20,23H,6,11-16H2,1-5H3;7-10,17-19,22H,5-6,11-16H2,1-4H3;8-13H,7H2,1-6H3;8-13H,7H2,1-6H3. The Morgan fingerprint density at radius 3 is 1.09 bits per heavy atom. The molecule has 7 aromatic carbocycles. The molecule has 10 nitrogen and oxygen atoms in total. The zero-order valence-corrected chi connectivity index (χ0v) is 83.5. The number of ether oxygens (including phenoxy) is 9. The summed E-state index contributed by atoms with van der Waals surface area (Å²) in [6.45, 7) is 51.2. The van der Waals surface area contributed by atoms with Crippen molar-refractivity contribution in [2.75, 3.05) is 13.2 Å². The van der Waals surface area contributed by atoms with Crippen molar-refractivity contribution in [2.45, 2.75) is 404 Å². The summed E-state index contributed by atoms with van der Waals surface area (Å²) < 4.78 is 57.0. The number of carbonyl (C=O) groups excluding carboxylic acids is 1. The Kier molecular flexibility index (Phi) is 31.8. The van der Waals surface area contributed by atoms with Crippen LogP contribution in [0.3, 0.4) is 0 Å². The summed E-state index contributed by atoms with van der Waals surface area (Å²) in [5.41, 5.74) is 5.99. The highest BCUT2D eigenvalue weighted by Gasteiger charge is 2.59. The fourth-order valence-corrected chi connectivity index (χ4v) is 25.1. The second-order valence-corrected chi connectivity index (χ2v) is 47.0. The summed E-state index contributed by atoms with van der Waals surface area (Å²) in [5, 5.41) is 4.35. The Hall–Kier alpha value is -6.59. The lowest BCUT2D eigenvalue weighted by Crippen LogP contribution is -2.54. The second kappa shape index (κ2) is 41.3. The van der Waals surface area contributed by atoms with Gasteiger partial charge in [0, 0.05) is 39.0 Å². The van der Waals surface area contributed by atoms with Crippen LogP contribution in [0.15, 0.2) is 146 Å². The van der Waals surface area contributed by atoms with Crippen molar-refractivity contribution >= 4 is 27.5 Å². The van der Waals surface area contributed by atoms with E-state index in [9.17, 15) is 4.79 Å². The zero-order valence-electron chi connectivity index (χ0n) is 83.5. The molecule has 13 fully saturated rings. The molecule has 0 heterocycles. The van der Waals surface area contributed by atoms with Gasteiger partial charge in [0.25, 0.3) is 0 Å². The van der Waals surface area contributed by atoms with Crippen LogP contribution < -0.4 is 28.4 Å². The number of carbonyl (C=O) groups is 1. The number of benzene rings is 7. The topological polar surface area (TPSA) is 100 Å². The zero-order chi connectivity index (χ0) is 91.1. The van der Waals surface area contributed by atoms with Gasteiger partial charge in [0.05, 0.1) is 18.1 Å². The molecule has 0 N–H and O–H groups in total. The van der Waals surface area contributed by atoms with Gasteiger partial charge in [0.1, 0.15) is 45.7 Å². The summed E-state index contributed by atoms with van der Waals surface area (Å²) >= 11 is 0. The van der Waals surface area contributed by atoms with Crippen LogP contribution in [0.2, 0.25) is 0 Å². The monoisotopic (exact) mass is 1740 g/mol. The minimum Gasteiger partial charge on any atom is -0.488 e. The largest absolute Gasteiger partial charge is 0.488 e. The molecule has 0 amide bonds. The average molecular weight is 1740 g/mol.